The molecule has 5 nitrogen and oxygen atoms in total. The Bertz CT molecular complexity index is 1640. The van der Waals surface area contributed by atoms with Gasteiger partial charge in [0.05, 0.1) is 26.4 Å². The van der Waals surface area contributed by atoms with Gasteiger partial charge in [-0.1, -0.05) is 101 Å². The first kappa shape index (κ1) is 39.5. The molecule has 2 unspecified atom stereocenters. The summed E-state index contributed by atoms with van der Waals surface area (Å²) in [5, 5.41) is 0. The molecule has 5 heteroatoms. The van der Waals surface area contributed by atoms with Gasteiger partial charge in [-0.2, -0.15) is 0 Å². The second-order valence-corrected chi connectivity index (χ2v) is 13.7. The molecule has 4 aromatic carbocycles. The number of ether oxygens (including phenoxy) is 4. The average molecular weight is 690 g/mol. The Morgan fingerprint density at radius 3 is 1.55 bits per heavy atom. The predicted octanol–water partition coefficient (Wildman–Crippen LogP) is 12.6. The van der Waals surface area contributed by atoms with E-state index in [9.17, 15) is 0 Å². The highest BCUT2D eigenvalue weighted by atomic mass is 16.5. The van der Waals surface area contributed by atoms with Crippen LogP contribution >= 0.6 is 0 Å². The third kappa shape index (κ3) is 11.1. The van der Waals surface area contributed by atoms with Crippen LogP contribution in [-0.2, 0) is 9.47 Å². The van der Waals surface area contributed by atoms with Gasteiger partial charge in [0.2, 0.25) is 0 Å². The molecule has 0 aliphatic carbocycles. The third-order valence-corrected chi connectivity index (χ3v) is 9.10. The minimum atomic E-state index is -0.396. The molecule has 2 atom stereocenters. The van der Waals surface area contributed by atoms with Crippen LogP contribution in [0.3, 0.4) is 0 Å². The molecular formula is C46H59NO4. The predicted molar refractivity (Wildman–Crippen MR) is 215 cm³/mol. The van der Waals surface area contributed by atoms with Crippen molar-refractivity contribution in [3.63, 3.8) is 0 Å². The maximum atomic E-state index is 6.66. The van der Waals surface area contributed by atoms with Crippen molar-refractivity contribution in [2.45, 2.75) is 97.6 Å². The summed E-state index contributed by atoms with van der Waals surface area (Å²) < 4.78 is 24.2. The molecule has 0 amide bonds. The van der Waals surface area contributed by atoms with Gasteiger partial charge in [0.1, 0.15) is 23.7 Å². The van der Waals surface area contributed by atoms with Crippen LogP contribution < -0.4 is 14.4 Å². The molecule has 0 N–H and O–H groups in total. The second kappa shape index (κ2) is 19.9. The Kier molecular flexibility index (Phi) is 15.4. The molecule has 0 aliphatic heterocycles. The summed E-state index contributed by atoms with van der Waals surface area (Å²) in [4.78, 5) is 2.43. The largest absolute Gasteiger partial charge is 0.497 e. The van der Waals surface area contributed by atoms with Crippen LogP contribution in [0.1, 0.15) is 108 Å². The lowest BCUT2D eigenvalue weighted by molar-refractivity contribution is 0.0396. The zero-order valence-electron chi connectivity index (χ0n) is 32.0. The van der Waals surface area contributed by atoms with Gasteiger partial charge in [-0.25, -0.2) is 0 Å². The van der Waals surface area contributed by atoms with Crippen molar-refractivity contribution in [2.24, 2.45) is 0 Å². The Morgan fingerprint density at radius 2 is 1.06 bits per heavy atom. The van der Waals surface area contributed by atoms with E-state index in [1.54, 1.807) is 14.2 Å². The average Bonchev–Trinajstić information content (AvgIpc) is 3.15. The topological polar surface area (TPSA) is 40.2 Å². The number of unbranched alkanes of at least 4 members (excludes halogenated alkanes) is 5. The van der Waals surface area contributed by atoms with E-state index in [2.05, 4.69) is 112 Å². The first-order valence-corrected chi connectivity index (χ1v) is 18.6. The minimum absolute atomic E-state index is 0.0259. The quantitative estimate of drug-likeness (QED) is 0.0815. The number of para-hydroxylation sites is 1. The fourth-order valence-corrected chi connectivity index (χ4v) is 6.42. The van der Waals surface area contributed by atoms with Crippen LogP contribution in [0, 0.1) is 0 Å². The molecule has 0 aromatic heterocycles. The first-order valence-electron chi connectivity index (χ1n) is 18.6. The van der Waals surface area contributed by atoms with Crippen LogP contribution in [0.15, 0.2) is 110 Å². The molecule has 0 saturated carbocycles. The molecule has 0 radical (unpaired) electrons. The molecule has 272 valence electrons. The highest BCUT2D eigenvalue weighted by Gasteiger charge is 2.27. The molecular weight excluding hydrogens is 631 g/mol. The van der Waals surface area contributed by atoms with Gasteiger partial charge in [0.25, 0.3) is 0 Å². The lowest BCUT2D eigenvalue weighted by Crippen LogP contribution is -2.20. The lowest BCUT2D eigenvalue weighted by atomic mass is 9.86. The van der Waals surface area contributed by atoms with Crippen molar-refractivity contribution >= 4 is 22.5 Å². The first-order chi connectivity index (χ1) is 24.7. The van der Waals surface area contributed by atoms with Crippen LogP contribution in [0.2, 0.25) is 0 Å². The molecule has 0 spiro atoms. The number of anilines is 2. The monoisotopic (exact) mass is 689 g/mol. The summed E-state index contributed by atoms with van der Waals surface area (Å²) in [7, 11) is 3.36. The summed E-state index contributed by atoms with van der Waals surface area (Å²) in [5.74, 6) is 1.59. The van der Waals surface area contributed by atoms with Crippen molar-refractivity contribution in [3.8, 4) is 11.5 Å². The molecule has 0 aliphatic rings. The van der Waals surface area contributed by atoms with Crippen LogP contribution in [0.25, 0.3) is 11.1 Å². The highest BCUT2D eigenvalue weighted by molar-refractivity contribution is 5.85. The summed E-state index contributed by atoms with van der Waals surface area (Å²) in [5.41, 5.74) is 7.96. The number of benzene rings is 4. The standard InChI is InChI=1S/C46H59NO4/c1-10-11-12-13-14-18-31-47(39-19-16-15-17-20-39)40-25-30-43(35(6)45(50-33(2)3)37-21-26-41(48-8)27-22-37)44(32-40)36(7)46(51-34(4)5)38-23-28-42(49-9)29-24-38/h15-17,19-30,32-34,45-46H,6-7,10-14,18,31H2,1-5,8-9H3. The van der Waals surface area contributed by atoms with Gasteiger partial charge in [-0.3, -0.25) is 0 Å². The molecule has 0 heterocycles. The zero-order chi connectivity index (χ0) is 36.8. The maximum absolute atomic E-state index is 6.66. The number of rotatable bonds is 21. The Labute approximate surface area is 307 Å². The third-order valence-electron chi connectivity index (χ3n) is 9.10. The normalized spacial score (nSPS) is 12.5. The number of hydrogen-bond donors (Lipinski definition) is 0. The van der Waals surface area contributed by atoms with Gasteiger partial charge < -0.3 is 23.8 Å². The van der Waals surface area contributed by atoms with E-state index in [-0.39, 0.29) is 18.3 Å². The highest BCUT2D eigenvalue weighted by Crippen LogP contribution is 2.43. The Balaban J connectivity index is 1.85. The van der Waals surface area contributed by atoms with Crippen molar-refractivity contribution in [1.82, 2.24) is 0 Å². The van der Waals surface area contributed by atoms with Crippen molar-refractivity contribution in [1.29, 1.82) is 0 Å². The Hall–Kier alpha value is -4.32. The maximum Gasteiger partial charge on any atom is 0.118 e. The second-order valence-electron chi connectivity index (χ2n) is 13.7. The summed E-state index contributed by atoms with van der Waals surface area (Å²) in [6.45, 7) is 20.9. The zero-order valence-corrected chi connectivity index (χ0v) is 32.0. The molecule has 4 rings (SSSR count). The SMILES string of the molecule is C=C(c1ccc(N(CCCCCCCC)c2ccccc2)cc1C(=C)C(OC(C)C)c1ccc(OC)cc1)C(OC(C)C)c1ccc(OC)cc1. The van der Waals surface area contributed by atoms with E-state index in [1.807, 2.05) is 24.3 Å². The Morgan fingerprint density at radius 1 is 0.569 bits per heavy atom. The molecule has 0 bridgehead atoms. The lowest BCUT2D eigenvalue weighted by Gasteiger charge is -2.30. The summed E-state index contributed by atoms with van der Waals surface area (Å²) in [6.07, 6.45) is 6.57. The van der Waals surface area contributed by atoms with Crippen molar-refractivity contribution in [3.05, 3.63) is 132 Å². The molecule has 0 saturated heterocycles. The van der Waals surface area contributed by atoms with E-state index in [1.165, 1.54) is 37.8 Å². The van der Waals surface area contributed by atoms with Crippen molar-refractivity contribution in [2.75, 3.05) is 25.7 Å². The fraction of sp³-hybridized carbons (Fsp3) is 0.391. The van der Waals surface area contributed by atoms with Gasteiger partial charge >= 0.3 is 0 Å². The van der Waals surface area contributed by atoms with Crippen molar-refractivity contribution < 1.29 is 18.9 Å². The molecule has 0 fully saturated rings. The van der Waals surface area contributed by atoms with Crippen LogP contribution in [0.4, 0.5) is 11.4 Å². The molecule has 4 aromatic rings. The van der Waals surface area contributed by atoms with E-state index >= 15 is 0 Å². The smallest absolute Gasteiger partial charge is 0.118 e. The van der Waals surface area contributed by atoms with Gasteiger partial charge in [0, 0.05) is 17.9 Å². The number of nitrogens with zero attached hydrogens (tertiary/aromatic N) is 1. The number of methoxy groups -OCH3 is 2. The van der Waals surface area contributed by atoms with E-state index < -0.39 is 6.10 Å². The van der Waals surface area contributed by atoms with Gasteiger partial charge in [-0.05, 0) is 116 Å². The minimum Gasteiger partial charge on any atom is -0.497 e. The number of hydrogen-bond acceptors (Lipinski definition) is 5. The van der Waals surface area contributed by atoms with Gasteiger partial charge in [-0.15, -0.1) is 0 Å². The van der Waals surface area contributed by atoms with Crippen LogP contribution in [-0.4, -0.2) is 33.0 Å². The van der Waals surface area contributed by atoms with Gasteiger partial charge in [0.15, 0.2) is 0 Å². The summed E-state index contributed by atoms with van der Waals surface area (Å²) in [6, 6.07) is 33.5. The van der Waals surface area contributed by atoms with E-state index in [4.69, 9.17) is 32.1 Å². The van der Waals surface area contributed by atoms with E-state index in [0.717, 1.165) is 63.6 Å². The van der Waals surface area contributed by atoms with Crippen LogP contribution in [0.5, 0.6) is 11.5 Å². The fourth-order valence-electron chi connectivity index (χ4n) is 6.42. The molecule has 51 heavy (non-hydrogen) atoms. The van der Waals surface area contributed by atoms with E-state index in [0.29, 0.717) is 0 Å². The summed E-state index contributed by atoms with van der Waals surface area (Å²) >= 11 is 0.